The number of piperazine rings is 1. The van der Waals surface area contributed by atoms with Crippen molar-refractivity contribution in [3.05, 3.63) is 12.2 Å². The summed E-state index contributed by atoms with van der Waals surface area (Å²) >= 11 is 0. The summed E-state index contributed by atoms with van der Waals surface area (Å²) in [6, 6.07) is 0. The Kier molecular flexibility index (Phi) is 6.64. The monoisotopic (exact) mass is 406 g/mol. The van der Waals surface area contributed by atoms with Crippen LogP contribution < -0.4 is 0 Å². The van der Waals surface area contributed by atoms with Gasteiger partial charge in [0.2, 0.25) is 0 Å². The number of rotatable bonds is 7. The van der Waals surface area contributed by atoms with Crippen molar-refractivity contribution in [2.24, 2.45) is 23.2 Å². The molecule has 4 fully saturated rings. The van der Waals surface area contributed by atoms with E-state index in [-0.39, 0.29) is 30.0 Å². The van der Waals surface area contributed by atoms with Gasteiger partial charge in [0.1, 0.15) is 6.10 Å². The lowest BCUT2D eigenvalue weighted by Crippen LogP contribution is -2.50. The number of carbonyl (C=O) groups is 1. The van der Waals surface area contributed by atoms with Gasteiger partial charge in [-0.3, -0.25) is 14.6 Å². The van der Waals surface area contributed by atoms with Crippen molar-refractivity contribution in [1.82, 2.24) is 9.80 Å². The Morgan fingerprint density at radius 2 is 2.00 bits per heavy atom. The first-order chi connectivity index (χ1) is 14.0. The molecule has 4 aliphatic rings. The highest BCUT2D eigenvalue weighted by Gasteiger charge is 2.55. The fourth-order valence-electron chi connectivity index (χ4n) is 6.30. The molecular weight excluding hydrogens is 368 g/mol. The van der Waals surface area contributed by atoms with Crippen LogP contribution in [0.1, 0.15) is 39.0 Å². The Morgan fingerprint density at radius 3 is 2.76 bits per heavy atom. The van der Waals surface area contributed by atoms with E-state index in [4.69, 9.17) is 14.6 Å². The molecule has 6 nitrogen and oxygen atoms in total. The molecule has 0 bridgehead atoms. The van der Waals surface area contributed by atoms with Crippen molar-refractivity contribution in [2.75, 3.05) is 59.1 Å². The zero-order valence-corrected chi connectivity index (χ0v) is 18.0. The summed E-state index contributed by atoms with van der Waals surface area (Å²) in [6.45, 7) is 13.7. The van der Waals surface area contributed by atoms with Crippen molar-refractivity contribution in [3.63, 3.8) is 0 Å². The lowest BCUT2D eigenvalue weighted by Gasteiger charge is -2.50. The average Bonchev–Trinajstić information content (AvgIpc) is 2.99. The van der Waals surface area contributed by atoms with Crippen LogP contribution in [0.3, 0.4) is 0 Å². The first-order valence-corrected chi connectivity index (χ1v) is 11.5. The largest absolute Gasteiger partial charge is 0.462 e. The molecule has 2 heterocycles. The van der Waals surface area contributed by atoms with Crippen LogP contribution in [0.25, 0.3) is 0 Å². The van der Waals surface area contributed by atoms with E-state index in [1.54, 1.807) is 0 Å². The molecule has 1 N–H and O–H groups in total. The third-order valence-corrected chi connectivity index (χ3v) is 8.03. The van der Waals surface area contributed by atoms with Gasteiger partial charge in [-0.2, -0.15) is 0 Å². The number of hydrogen-bond acceptors (Lipinski definition) is 6. The van der Waals surface area contributed by atoms with Crippen LogP contribution >= 0.6 is 0 Å². The first-order valence-electron chi connectivity index (χ1n) is 11.5. The second kappa shape index (κ2) is 9.04. The Bertz CT molecular complexity index is 604. The van der Waals surface area contributed by atoms with Gasteiger partial charge in [0.25, 0.3) is 0 Å². The van der Waals surface area contributed by atoms with Crippen molar-refractivity contribution in [3.8, 4) is 0 Å². The van der Waals surface area contributed by atoms with Crippen LogP contribution in [0.4, 0.5) is 0 Å². The van der Waals surface area contributed by atoms with E-state index in [0.29, 0.717) is 25.0 Å². The maximum Gasteiger partial charge on any atom is 0.310 e. The number of ether oxygens (including phenoxy) is 2. The minimum Gasteiger partial charge on any atom is -0.462 e. The normalized spacial score (nSPS) is 38.6. The smallest absolute Gasteiger partial charge is 0.310 e. The molecule has 4 rings (SSSR count). The minimum atomic E-state index is 0.0266. The zero-order chi connectivity index (χ0) is 20.4. The molecule has 0 spiro atoms. The number of esters is 1. The standard InChI is InChI=1S/C23H38N2O4/c1-17-4-3-5-23(2)15-21-18(14-20(17)23)19(22(27)29-21)16-25-8-6-24(7-9-25)10-12-28-13-11-26/h18-21,26H,1,3-16H2,2H3/t18-,19+,20-,21+,23-/m0/s1. The second-order valence-electron chi connectivity index (χ2n) is 9.88. The molecule has 0 unspecified atom stereocenters. The molecule has 29 heavy (non-hydrogen) atoms. The lowest BCUT2D eigenvalue weighted by atomic mass is 9.55. The van der Waals surface area contributed by atoms with Crippen molar-refractivity contribution < 1.29 is 19.4 Å². The minimum absolute atomic E-state index is 0.0266. The molecule has 2 saturated heterocycles. The summed E-state index contributed by atoms with van der Waals surface area (Å²) in [5.41, 5.74) is 1.68. The number of aliphatic hydroxyl groups excluding tert-OH is 1. The number of carbonyl (C=O) groups excluding carboxylic acids is 1. The maximum atomic E-state index is 12.8. The third-order valence-electron chi connectivity index (χ3n) is 8.03. The van der Waals surface area contributed by atoms with Gasteiger partial charge < -0.3 is 14.6 Å². The highest BCUT2D eigenvalue weighted by molar-refractivity contribution is 5.75. The van der Waals surface area contributed by atoms with E-state index in [0.717, 1.165) is 58.5 Å². The Balaban J connectivity index is 1.30. The van der Waals surface area contributed by atoms with Gasteiger partial charge in [0, 0.05) is 45.2 Å². The Hall–Kier alpha value is -0.950. The molecular formula is C23H38N2O4. The number of allylic oxidation sites excluding steroid dienone is 1. The van der Waals surface area contributed by atoms with E-state index < -0.39 is 0 Å². The SMILES string of the molecule is C=C1CCC[C@@]2(C)C[C@H]3OC(=O)[C@H](CN4CCN(CCOCCO)CC4)[C@@H]3C[C@@H]12. The quantitative estimate of drug-likeness (QED) is 0.396. The van der Waals surface area contributed by atoms with E-state index in [9.17, 15) is 4.79 Å². The Labute approximate surface area is 175 Å². The fourth-order valence-corrected chi connectivity index (χ4v) is 6.30. The predicted molar refractivity (Wildman–Crippen MR) is 111 cm³/mol. The average molecular weight is 407 g/mol. The molecule has 2 aliphatic carbocycles. The first kappa shape index (κ1) is 21.3. The number of aliphatic hydroxyl groups is 1. The van der Waals surface area contributed by atoms with E-state index in [1.165, 1.54) is 18.4 Å². The third kappa shape index (κ3) is 4.55. The van der Waals surface area contributed by atoms with Crippen molar-refractivity contribution in [1.29, 1.82) is 0 Å². The highest BCUT2D eigenvalue weighted by atomic mass is 16.6. The van der Waals surface area contributed by atoms with Gasteiger partial charge in [-0.25, -0.2) is 0 Å². The fraction of sp³-hybridized carbons (Fsp3) is 0.870. The van der Waals surface area contributed by atoms with Gasteiger partial charge >= 0.3 is 5.97 Å². The van der Waals surface area contributed by atoms with Gasteiger partial charge in [-0.15, -0.1) is 0 Å². The molecule has 0 aromatic rings. The summed E-state index contributed by atoms with van der Waals surface area (Å²) in [7, 11) is 0. The topological polar surface area (TPSA) is 62.2 Å². The molecule has 2 saturated carbocycles. The summed E-state index contributed by atoms with van der Waals surface area (Å²) in [5.74, 6) is 0.983. The van der Waals surface area contributed by atoms with Crippen molar-refractivity contribution >= 4 is 5.97 Å². The summed E-state index contributed by atoms with van der Waals surface area (Å²) in [6.07, 6.45) is 5.84. The maximum absolute atomic E-state index is 12.8. The van der Waals surface area contributed by atoms with Gasteiger partial charge in [-0.05, 0) is 43.4 Å². The molecule has 0 aromatic heterocycles. The van der Waals surface area contributed by atoms with Crippen LogP contribution in [-0.4, -0.2) is 86.1 Å². The molecule has 0 radical (unpaired) electrons. The number of hydrogen-bond donors (Lipinski definition) is 1. The van der Waals surface area contributed by atoms with Gasteiger partial charge in [0.05, 0.1) is 25.7 Å². The lowest BCUT2D eigenvalue weighted by molar-refractivity contribution is -0.146. The van der Waals surface area contributed by atoms with Crippen LogP contribution in [0.5, 0.6) is 0 Å². The second-order valence-corrected chi connectivity index (χ2v) is 9.88. The van der Waals surface area contributed by atoms with Crippen LogP contribution in [0, 0.1) is 23.2 Å². The highest BCUT2D eigenvalue weighted by Crippen LogP contribution is 2.56. The zero-order valence-electron chi connectivity index (χ0n) is 18.0. The summed E-state index contributed by atoms with van der Waals surface area (Å²) in [4.78, 5) is 17.6. The van der Waals surface area contributed by atoms with Crippen LogP contribution in [0.15, 0.2) is 12.2 Å². The van der Waals surface area contributed by atoms with Gasteiger partial charge in [0.15, 0.2) is 0 Å². The molecule has 0 aromatic carbocycles. The van der Waals surface area contributed by atoms with E-state index >= 15 is 0 Å². The summed E-state index contributed by atoms with van der Waals surface area (Å²) < 4.78 is 11.3. The number of fused-ring (bicyclic) bond motifs is 2. The van der Waals surface area contributed by atoms with Gasteiger partial charge in [-0.1, -0.05) is 19.1 Å². The van der Waals surface area contributed by atoms with Crippen molar-refractivity contribution in [2.45, 2.75) is 45.1 Å². The Morgan fingerprint density at radius 1 is 1.24 bits per heavy atom. The number of nitrogens with zero attached hydrogens (tertiary/aromatic N) is 2. The molecule has 6 heteroatoms. The van der Waals surface area contributed by atoms with E-state index in [1.807, 2.05) is 0 Å². The predicted octanol–water partition coefficient (Wildman–Crippen LogP) is 1.93. The van der Waals surface area contributed by atoms with Crippen LogP contribution in [0.2, 0.25) is 0 Å². The summed E-state index contributed by atoms with van der Waals surface area (Å²) in [5, 5.41) is 8.78. The molecule has 2 aliphatic heterocycles. The van der Waals surface area contributed by atoms with Crippen LogP contribution in [-0.2, 0) is 14.3 Å². The van der Waals surface area contributed by atoms with E-state index in [2.05, 4.69) is 23.3 Å². The molecule has 0 amide bonds. The molecule has 5 atom stereocenters. The molecule has 164 valence electrons.